The van der Waals surface area contributed by atoms with Gasteiger partial charge in [-0.25, -0.2) is 5.84 Å². The van der Waals surface area contributed by atoms with E-state index in [1.807, 2.05) is 10.8 Å². The first kappa shape index (κ1) is 6.44. The van der Waals surface area contributed by atoms with Crippen LogP contribution in [0.25, 0.3) is 10.9 Å². The summed E-state index contributed by atoms with van der Waals surface area (Å²) >= 11 is 1.57. The van der Waals surface area contributed by atoms with Crippen molar-refractivity contribution in [3.8, 4) is 0 Å². The van der Waals surface area contributed by atoms with E-state index < -0.39 is 0 Å². The zero-order valence-electron chi connectivity index (χ0n) is 5.61. The first-order valence-corrected chi connectivity index (χ1v) is 3.94. The summed E-state index contributed by atoms with van der Waals surface area (Å²) in [4.78, 5) is 1.31. The molecule has 5 N–H and O–H groups in total. The summed E-state index contributed by atoms with van der Waals surface area (Å²) < 4.78 is 0. The third-order valence-corrected chi connectivity index (χ3v) is 2.22. The number of nitrogens with two attached hydrogens (primary N) is 2. The van der Waals surface area contributed by atoms with Crippen molar-refractivity contribution in [1.29, 1.82) is 0 Å². The summed E-state index contributed by atoms with van der Waals surface area (Å²) in [5.74, 6) is 11.3. The third-order valence-electron chi connectivity index (χ3n) is 1.49. The van der Waals surface area contributed by atoms with Crippen LogP contribution in [0, 0.1) is 0 Å². The van der Waals surface area contributed by atoms with Gasteiger partial charge in [-0.15, -0.1) is 16.4 Å². The molecule has 0 atom stereocenters. The Balaban J connectivity index is 2.80. The Labute approximate surface area is 66.5 Å². The summed E-state index contributed by atoms with van der Waals surface area (Å²) in [7, 11) is 0. The van der Waals surface area contributed by atoms with E-state index in [1.165, 1.54) is 4.79 Å². The molecule has 0 aliphatic heterocycles. The summed E-state index contributed by atoms with van der Waals surface area (Å²) in [6.45, 7) is 0. The van der Waals surface area contributed by atoms with Gasteiger partial charge in [0.15, 0.2) is 5.82 Å². The van der Waals surface area contributed by atoms with Gasteiger partial charge in [-0.05, 0) is 0 Å². The van der Waals surface area contributed by atoms with E-state index in [4.69, 9.17) is 11.7 Å². The standard InChI is InChI=1S/C5H7N5S/c6-8-5-3-1-11-2-4(3)10(7)9-5/h1-2H,6-7H2,(H,8,9). The van der Waals surface area contributed by atoms with Crippen LogP contribution < -0.4 is 17.1 Å². The molecule has 0 bridgehead atoms. The molecule has 11 heavy (non-hydrogen) atoms. The first-order chi connectivity index (χ1) is 5.33. The van der Waals surface area contributed by atoms with Crippen molar-refractivity contribution in [1.82, 2.24) is 9.89 Å². The van der Waals surface area contributed by atoms with Gasteiger partial charge >= 0.3 is 0 Å². The van der Waals surface area contributed by atoms with Crippen molar-refractivity contribution in [3.05, 3.63) is 10.8 Å². The van der Waals surface area contributed by atoms with Gasteiger partial charge in [-0.1, -0.05) is 0 Å². The smallest absolute Gasteiger partial charge is 0.172 e. The Morgan fingerprint density at radius 2 is 2.36 bits per heavy atom. The highest BCUT2D eigenvalue weighted by molar-refractivity contribution is 7.09. The fourth-order valence-electron chi connectivity index (χ4n) is 0.967. The van der Waals surface area contributed by atoms with E-state index in [0.717, 1.165) is 10.9 Å². The second-order valence-corrected chi connectivity index (χ2v) is 2.85. The number of thiophene rings is 1. The minimum Gasteiger partial charge on any atom is -0.323 e. The van der Waals surface area contributed by atoms with Crippen molar-refractivity contribution in [2.24, 2.45) is 5.84 Å². The number of hydrogen-bond donors (Lipinski definition) is 3. The second kappa shape index (κ2) is 2.11. The number of nitrogens with zero attached hydrogens (tertiary/aromatic N) is 2. The van der Waals surface area contributed by atoms with Gasteiger partial charge < -0.3 is 11.3 Å². The van der Waals surface area contributed by atoms with Crippen LogP contribution >= 0.6 is 11.3 Å². The summed E-state index contributed by atoms with van der Waals surface area (Å²) in [5, 5.41) is 8.76. The molecule has 0 aliphatic rings. The number of fused-ring (bicyclic) bond motifs is 1. The average Bonchev–Trinajstić information content (AvgIpc) is 2.54. The fourth-order valence-corrected chi connectivity index (χ4v) is 1.77. The van der Waals surface area contributed by atoms with Crippen LogP contribution in [-0.4, -0.2) is 9.89 Å². The zero-order chi connectivity index (χ0) is 7.84. The maximum atomic E-state index is 5.51. The number of hydrogen-bond acceptors (Lipinski definition) is 5. The zero-order valence-corrected chi connectivity index (χ0v) is 6.43. The van der Waals surface area contributed by atoms with Crippen molar-refractivity contribution in [2.45, 2.75) is 0 Å². The summed E-state index contributed by atoms with van der Waals surface area (Å²) in [5.41, 5.74) is 3.36. The molecule has 2 aromatic heterocycles. The molecule has 0 saturated heterocycles. The highest BCUT2D eigenvalue weighted by Crippen LogP contribution is 2.23. The van der Waals surface area contributed by atoms with Crippen LogP contribution in [0.3, 0.4) is 0 Å². The molecule has 0 spiro atoms. The maximum absolute atomic E-state index is 5.51. The Morgan fingerprint density at radius 3 is 3.09 bits per heavy atom. The van der Waals surface area contributed by atoms with Crippen molar-refractivity contribution in [2.75, 3.05) is 11.3 Å². The normalized spacial score (nSPS) is 10.6. The quantitative estimate of drug-likeness (QED) is 0.417. The number of hydrazine groups is 1. The Bertz CT molecular complexity index is 375. The first-order valence-electron chi connectivity index (χ1n) is 2.99. The summed E-state index contributed by atoms with van der Waals surface area (Å²) in [6.07, 6.45) is 0. The largest absolute Gasteiger partial charge is 0.323 e. The lowest BCUT2D eigenvalue weighted by Gasteiger charge is -1.89. The third kappa shape index (κ3) is 0.765. The molecule has 0 amide bonds. The molecule has 6 heteroatoms. The molecule has 2 rings (SSSR count). The van der Waals surface area contributed by atoms with Crippen LogP contribution in [0.2, 0.25) is 0 Å². The molecule has 0 radical (unpaired) electrons. The molecule has 0 fully saturated rings. The lowest BCUT2D eigenvalue weighted by atomic mass is 10.4. The van der Waals surface area contributed by atoms with Crippen LogP contribution in [0.5, 0.6) is 0 Å². The molecule has 0 saturated carbocycles. The molecular formula is C5H7N5S. The minimum absolute atomic E-state index is 0.615. The van der Waals surface area contributed by atoms with E-state index in [2.05, 4.69) is 10.5 Å². The summed E-state index contributed by atoms with van der Waals surface area (Å²) in [6, 6.07) is 0. The molecule has 0 aromatic carbocycles. The topological polar surface area (TPSA) is 81.9 Å². The van der Waals surface area contributed by atoms with Crippen LogP contribution in [0.15, 0.2) is 10.8 Å². The monoisotopic (exact) mass is 169 g/mol. The number of aromatic nitrogens is 2. The highest BCUT2D eigenvalue weighted by Gasteiger charge is 2.07. The molecule has 0 unspecified atom stereocenters. The van der Waals surface area contributed by atoms with Crippen LogP contribution in [-0.2, 0) is 0 Å². The number of rotatable bonds is 1. The van der Waals surface area contributed by atoms with Crippen molar-refractivity contribution < 1.29 is 0 Å². The lowest BCUT2D eigenvalue weighted by molar-refractivity contribution is 0.864. The van der Waals surface area contributed by atoms with Crippen LogP contribution in [0.4, 0.5) is 5.82 Å². The van der Waals surface area contributed by atoms with E-state index in [9.17, 15) is 0 Å². The number of nitrogens with one attached hydrogen (secondary N) is 1. The molecule has 2 aromatic rings. The van der Waals surface area contributed by atoms with Crippen molar-refractivity contribution in [3.63, 3.8) is 0 Å². The van der Waals surface area contributed by atoms with Crippen LogP contribution in [0.1, 0.15) is 0 Å². The van der Waals surface area contributed by atoms with E-state index in [0.29, 0.717) is 5.82 Å². The minimum atomic E-state index is 0.615. The highest BCUT2D eigenvalue weighted by atomic mass is 32.1. The van der Waals surface area contributed by atoms with Gasteiger partial charge in [0.25, 0.3) is 0 Å². The van der Waals surface area contributed by atoms with Gasteiger partial charge in [0.1, 0.15) is 5.52 Å². The Kier molecular flexibility index (Phi) is 1.23. The van der Waals surface area contributed by atoms with Crippen molar-refractivity contribution >= 4 is 28.1 Å². The SMILES string of the molecule is NNc1nn(N)c2cscc12. The predicted molar refractivity (Wildman–Crippen MR) is 45.6 cm³/mol. The number of anilines is 1. The van der Waals surface area contributed by atoms with Gasteiger partial charge in [-0.3, -0.25) is 0 Å². The number of nitrogen functional groups attached to an aromatic ring is 2. The van der Waals surface area contributed by atoms with Gasteiger partial charge in [0.2, 0.25) is 0 Å². The van der Waals surface area contributed by atoms with Gasteiger partial charge in [0.05, 0.1) is 5.39 Å². The average molecular weight is 169 g/mol. The molecule has 0 aliphatic carbocycles. The second-order valence-electron chi connectivity index (χ2n) is 2.11. The Morgan fingerprint density at radius 1 is 1.55 bits per heavy atom. The molecular weight excluding hydrogens is 162 g/mol. The van der Waals surface area contributed by atoms with E-state index >= 15 is 0 Å². The van der Waals surface area contributed by atoms with Gasteiger partial charge in [-0.2, -0.15) is 4.79 Å². The maximum Gasteiger partial charge on any atom is 0.172 e. The Hall–Kier alpha value is -1.27. The van der Waals surface area contributed by atoms with E-state index in [-0.39, 0.29) is 0 Å². The lowest BCUT2D eigenvalue weighted by Crippen LogP contribution is -2.12. The van der Waals surface area contributed by atoms with E-state index in [1.54, 1.807) is 11.3 Å². The predicted octanol–water partition coefficient (Wildman–Crippen LogP) is 0.0972. The fraction of sp³-hybridized carbons (Fsp3) is 0. The molecule has 2 heterocycles. The molecule has 58 valence electrons. The molecule has 5 nitrogen and oxygen atoms in total. The van der Waals surface area contributed by atoms with Gasteiger partial charge in [0, 0.05) is 10.8 Å².